The first-order valence-electron chi connectivity index (χ1n) is 5.60. The van der Waals surface area contributed by atoms with Crippen molar-refractivity contribution in [3.8, 4) is 11.3 Å². The molecule has 0 saturated heterocycles. The summed E-state index contributed by atoms with van der Waals surface area (Å²) in [4.78, 5) is 13.9. The minimum Gasteiger partial charge on any atom is -0.476 e. The fourth-order valence-corrected chi connectivity index (χ4v) is 2.09. The quantitative estimate of drug-likeness (QED) is 0.742. The molecule has 0 spiro atoms. The molecule has 0 aliphatic heterocycles. The molecular formula is C13H10FN3O2. The Morgan fingerprint density at radius 1 is 1.42 bits per heavy atom. The average molecular weight is 259 g/mol. The number of carbonyl (C=O) groups is 1. The minimum absolute atomic E-state index is 0.108. The van der Waals surface area contributed by atoms with Crippen LogP contribution >= 0.6 is 0 Å². The highest BCUT2D eigenvalue weighted by molar-refractivity contribution is 5.88. The molecule has 0 atom stereocenters. The first kappa shape index (κ1) is 11.5. The number of hydrogen-bond donors (Lipinski definition) is 2. The second-order valence-corrected chi connectivity index (χ2v) is 4.24. The third-order valence-corrected chi connectivity index (χ3v) is 3.02. The van der Waals surface area contributed by atoms with E-state index >= 15 is 0 Å². The number of hydrogen-bond acceptors (Lipinski definition) is 2. The van der Waals surface area contributed by atoms with Crippen LogP contribution in [0.5, 0.6) is 0 Å². The van der Waals surface area contributed by atoms with Crippen LogP contribution in [0, 0.1) is 5.82 Å². The summed E-state index contributed by atoms with van der Waals surface area (Å²) in [6, 6.07) is 6.19. The molecule has 5 nitrogen and oxygen atoms in total. The van der Waals surface area contributed by atoms with Gasteiger partial charge in [-0.05, 0) is 24.3 Å². The van der Waals surface area contributed by atoms with Gasteiger partial charge >= 0.3 is 5.97 Å². The number of carboxylic acids is 1. The lowest BCUT2D eigenvalue weighted by Gasteiger charge is -2.04. The Morgan fingerprint density at radius 2 is 2.21 bits per heavy atom. The molecule has 19 heavy (non-hydrogen) atoms. The van der Waals surface area contributed by atoms with E-state index in [2.05, 4.69) is 10.1 Å². The monoisotopic (exact) mass is 259 g/mol. The molecule has 0 aliphatic rings. The van der Waals surface area contributed by atoms with Crippen LogP contribution in [-0.4, -0.2) is 25.8 Å². The molecule has 3 aromatic rings. The van der Waals surface area contributed by atoms with Gasteiger partial charge in [-0.25, -0.2) is 9.18 Å². The largest absolute Gasteiger partial charge is 0.476 e. The van der Waals surface area contributed by atoms with Crippen LogP contribution in [0.25, 0.3) is 22.2 Å². The van der Waals surface area contributed by atoms with Gasteiger partial charge < -0.3 is 10.1 Å². The summed E-state index contributed by atoms with van der Waals surface area (Å²) in [5, 5.41) is 13.5. The summed E-state index contributed by atoms with van der Waals surface area (Å²) < 4.78 is 15.4. The van der Waals surface area contributed by atoms with Gasteiger partial charge in [0.25, 0.3) is 0 Å². The summed E-state index contributed by atoms with van der Waals surface area (Å²) in [6.07, 6.45) is 1.72. The van der Waals surface area contributed by atoms with Crippen LogP contribution in [0.2, 0.25) is 0 Å². The van der Waals surface area contributed by atoms with Crippen LogP contribution in [0.15, 0.2) is 30.5 Å². The molecule has 2 heterocycles. The molecule has 0 fully saturated rings. The lowest BCUT2D eigenvalue weighted by atomic mass is 10.1. The van der Waals surface area contributed by atoms with Gasteiger partial charge in [0.2, 0.25) is 0 Å². The van der Waals surface area contributed by atoms with E-state index in [9.17, 15) is 9.18 Å². The molecule has 0 bridgehead atoms. The first-order chi connectivity index (χ1) is 9.06. The van der Waals surface area contributed by atoms with Crippen molar-refractivity contribution in [3.05, 3.63) is 42.0 Å². The van der Waals surface area contributed by atoms with Gasteiger partial charge in [-0.3, -0.25) is 4.68 Å². The third-order valence-electron chi connectivity index (χ3n) is 3.02. The third kappa shape index (κ3) is 1.77. The smallest absolute Gasteiger partial charge is 0.356 e. The summed E-state index contributed by atoms with van der Waals surface area (Å²) in [5.41, 5.74) is 1.42. The van der Waals surface area contributed by atoms with Crippen molar-refractivity contribution in [1.29, 1.82) is 0 Å². The second-order valence-electron chi connectivity index (χ2n) is 4.24. The number of aromatic amines is 1. The number of halogens is 1. The Hall–Kier alpha value is -2.63. The number of carboxylic acid groups (broad SMARTS) is 1. The van der Waals surface area contributed by atoms with Crippen molar-refractivity contribution in [2.24, 2.45) is 7.05 Å². The Balaban J connectivity index is 2.23. The maximum absolute atomic E-state index is 14.1. The molecule has 0 radical (unpaired) electrons. The number of fused-ring (bicyclic) bond motifs is 1. The zero-order valence-electron chi connectivity index (χ0n) is 10.0. The van der Waals surface area contributed by atoms with Crippen molar-refractivity contribution >= 4 is 16.9 Å². The molecular weight excluding hydrogens is 249 g/mol. The van der Waals surface area contributed by atoms with Crippen molar-refractivity contribution in [1.82, 2.24) is 14.8 Å². The summed E-state index contributed by atoms with van der Waals surface area (Å²) in [5.74, 6) is -1.55. The first-order valence-corrected chi connectivity index (χ1v) is 5.60. The van der Waals surface area contributed by atoms with Crippen LogP contribution in [0.4, 0.5) is 4.39 Å². The van der Waals surface area contributed by atoms with E-state index < -0.39 is 11.8 Å². The average Bonchev–Trinajstić information content (AvgIpc) is 2.94. The number of aromatic carboxylic acids is 1. The van der Waals surface area contributed by atoms with E-state index in [1.807, 2.05) is 0 Å². The SMILES string of the molecule is Cn1nc(C(=O)O)cc1-c1cc2[nH]ccc2cc1F. The highest BCUT2D eigenvalue weighted by atomic mass is 19.1. The van der Waals surface area contributed by atoms with Gasteiger partial charge in [0, 0.05) is 29.7 Å². The summed E-state index contributed by atoms with van der Waals surface area (Å²) >= 11 is 0. The molecule has 2 N–H and O–H groups in total. The molecule has 0 saturated carbocycles. The fourth-order valence-electron chi connectivity index (χ4n) is 2.09. The topological polar surface area (TPSA) is 70.9 Å². The minimum atomic E-state index is -1.14. The number of aromatic nitrogens is 3. The predicted molar refractivity (Wildman–Crippen MR) is 67.4 cm³/mol. The van der Waals surface area contributed by atoms with Gasteiger partial charge in [-0.15, -0.1) is 0 Å². The highest BCUT2D eigenvalue weighted by Gasteiger charge is 2.16. The van der Waals surface area contributed by atoms with Gasteiger partial charge in [0.05, 0.1) is 5.69 Å². The molecule has 0 unspecified atom stereocenters. The van der Waals surface area contributed by atoms with Crippen molar-refractivity contribution in [2.75, 3.05) is 0 Å². The van der Waals surface area contributed by atoms with E-state index in [1.54, 1.807) is 25.4 Å². The van der Waals surface area contributed by atoms with Crippen LogP contribution in [0.3, 0.4) is 0 Å². The lowest BCUT2D eigenvalue weighted by molar-refractivity contribution is 0.0689. The van der Waals surface area contributed by atoms with E-state index in [4.69, 9.17) is 5.11 Å². The maximum atomic E-state index is 14.1. The zero-order chi connectivity index (χ0) is 13.6. The van der Waals surface area contributed by atoms with E-state index in [1.165, 1.54) is 16.8 Å². The lowest BCUT2D eigenvalue weighted by Crippen LogP contribution is -1.99. The highest BCUT2D eigenvalue weighted by Crippen LogP contribution is 2.27. The fraction of sp³-hybridized carbons (Fsp3) is 0.0769. The van der Waals surface area contributed by atoms with Crippen LogP contribution < -0.4 is 0 Å². The molecule has 6 heteroatoms. The normalized spacial score (nSPS) is 11.1. The number of rotatable bonds is 2. The molecule has 3 rings (SSSR count). The molecule has 0 amide bonds. The van der Waals surface area contributed by atoms with Crippen molar-refractivity contribution < 1.29 is 14.3 Å². The van der Waals surface area contributed by atoms with Crippen molar-refractivity contribution in [2.45, 2.75) is 0 Å². The molecule has 2 aromatic heterocycles. The zero-order valence-corrected chi connectivity index (χ0v) is 10.0. The second kappa shape index (κ2) is 3.94. The Labute approximate surface area is 107 Å². The Bertz CT molecular complexity index is 788. The van der Waals surface area contributed by atoms with E-state index in [0.717, 1.165) is 10.9 Å². The van der Waals surface area contributed by atoms with Gasteiger partial charge in [-0.2, -0.15) is 5.10 Å². The summed E-state index contributed by atoms with van der Waals surface area (Å²) in [6.45, 7) is 0. The van der Waals surface area contributed by atoms with E-state index in [0.29, 0.717) is 11.3 Å². The van der Waals surface area contributed by atoms with E-state index in [-0.39, 0.29) is 5.69 Å². The predicted octanol–water partition coefficient (Wildman–Crippen LogP) is 2.41. The Morgan fingerprint density at radius 3 is 2.89 bits per heavy atom. The number of nitrogens with zero attached hydrogens (tertiary/aromatic N) is 2. The number of aryl methyl sites for hydroxylation is 1. The van der Waals surface area contributed by atoms with Crippen LogP contribution in [0.1, 0.15) is 10.5 Å². The maximum Gasteiger partial charge on any atom is 0.356 e. The van der Waals surface area contributed by atoms with Gasteiger partial charge in [0.1, 0.15) is 5.82 Å². The van der Waals surface area contributed by atoms with Crippen LogP contribution in [-0.2, 0) is 7.05 Å². The van der Waals surface area contributed by atoms with Crippen molar-refractivity contribution in [3.63, 3.8) is 0 Å². The standard InChI is InChI=1S/C13H10FN3O2/c1-17-12(6-11(16-17)13(18)19)8-5-10-7(2-3-15-10)4-9(8)14/h2-6,15H,1H3,(H,18,19). The molecule has 0 aliphatic carbocycles. The Kier molecular flexibility index (Phi) is 2.38. The summed E-state index contributed by atoms with van der Waals surface area (Å²) in [7, 11) is 1.58. The number of H-pyrrole nitrogens is 1. The number of nitrogens with one attached hydrogen (secondary N) is 1. The molecule has 96 valence electrons. The van der Waals surface area contributed by atoms with Gasteiger partial charge in [0.15, 0.2) is 5.69 Å². The van der Waals surface area contributed by atoms with Gasteiger partial charge in [-0.1, -0.05) is 0 Å². The number of benzene rings is 1. The molecule has 1 aromatic carbocycles.